The van der Waals surface area contributed by atoms with E-state index in [-0.39, 0.29) is 0 Å². The van der Waals surface area contributed by atoms with Gasteiger partial charge in [-0.2, -0.15) is 0 Å². The fraction of sp³-hybridized carbons (Fsp3) is 0.692. The molecule has 16 heavy (non-hydrogen) atoms. The van der Waals surface area contributed by atoms with E-state index in [1.807, 2.05) is 11.3 Å². The van der Waals surface area contributed by atoms with Crippen LogP contribution < -0.4 is 5.32 Å². The summed E-state index contributed by atoms with van der Waals surface area (Å²) in [6.45, 7) is 9.30. The minimum Gasteiger partial charge on any atom is -0.314 e. The van der Waals surface area contributed by atoms with Crippen LogP contribution in [0.5, 0.6) is 0 Å². The van der Waals surface area contributed by atoms with E-state index >= 15 is 0 Å². The van der Waals surface area contributed by atoms with Crippen LogP contribution in [-0.2, 0) is 0 Å². The smallest absolute Gasteiger partial charge is 0.0445 e. The van der Waals surface area contributed by atoms with Gasteiger partial charge >= 0.3 is 0 Å². The first-order chi connectivity index (χ1) is 7.77. The van der Waals surface area contributed by atoms with Gasteiger partial charge in [-0.3, -0.25) is 4.90 Å². The molecule has 1 atom stereocenters. The summed E-state index contributed by atoms with van der Waals surface area (Å²) < 4.78 is 0. The zero-order valence-electron chi connectivity index (χ0n) is 10.3. The summed E-state index contributed by atoms with van der Waals surface area (Å²) in [6, 6.07) is 5.11. The molecular formula is C13H22N2S. The van der Waals surface area contributed by atoms with E-state index in [0.717, 1.165) is 19.0 Å². The van der Waals surface area contributed by atoms with Crippen LogP contribution in [0.4, 0.5) is 0 Å². The Bertz CT molecular complexity index is 289. The van der Waals surface area contributed by atoms with Crippen LogP contribution in [0, 0.1) is 5.92 Å². The van der Waals surface area contributed by atoms with Gasteiger partial charge in [0.1, 0.15) is 0 Å². The first-order valence-corrected chi connectivity index (χ1v) is 7.13. The van der Waals surface area contributed by atoms with Gasteiger partial charge in [-0.1, -0.05) is 19.9 Å². The molecule has 0 radical (unpaired) electrons. The van der Waals surface area contributed by atoms with Crippen molar-refractivity contribution in [2.45, 2.75) is 26.3 Å². The van der Waals surface area contributed by atoms with Gasteiger partial charge in [-0.15, -0.1) is 11.3 Å². The maximum atomic E-state index is 3.43. The predicted molar refractivity (Wildman–Crippen MR) is 71.0 cm³/mol. The Kier molecular flexibility index (Phi) is 4.38. The molecule has 1 aliphatic heterocycles. The Labute approximate surface area is 103 Å². The van der Waals surface area contributed by atoms with E-state index in [1.54, 1.807) is 0 Å². The zero-order valence-corrected chi connectivity index (χ0v) is 11.1. The van der Waals surface area contributed by atoms with Gasteiger partial charge in [0.05, 0.1) is 0 Å². The Morgan fingerprint density at radius 3 is 2.69 bits per heavy atom. The molecule has 1 aromatic rings. The lowest BCUT2D eigenvalue weighted by atomic mass is 10.0. The standard InChI is InChI=1S/C13H22N2S/c1-11(2)10-12(13-4-3-9-16-13)15-7-5-14-6-8-15/h3-4,9,11-12,14H,5-8,10H2,1-2H3/t12-/m0/s1. The highest BCUT2D eigenvalue weighted by Gasteiger charge is 2.23. The third kappa shape index (κ3) is 3.06. The summed E-state index contributed by atoms with van der Waals surface area (Å²) in [5.41, 5.74) is 0. The Balaban J connectivity index is 2.07. The monoisotopic (exact) mass is 238 g/mol. The molecular weight excluding hydrogens is 216 g/mol. The molecule has 0 spiro atoms. The highest BCUT2D eigenvalue weighted by atomic mass is 32.1. The van der Waals surface area contributed by atoms with Gasteiger partial charge in [0.2, 0.25) is 0 Å². The second kappa shape index (κ2) is 5.80. The normalized spacial score (nSPS) is 20.2. The highest BCUT2D eigenvalue weighted by molar-refractivity contribution is 7.10. The zero-order chi connectivity index (χ0) is 11.4. The van der Waals surface area contributed by atoms with Crippen molar-refractivity contribution in [3.63, 3.8) is 0 Å². The van der Waals surface area contributed by atoms with Crippen molar-refractivity contribution in [3.05, 3.63) is 22.4 Å². The number of thiophene rings is 1. The maximum absolute atomic E-state index is 3.43. The number of hydrogen-bond acceptors (Lipinski definition) is 3. The van der Waals surface area contributed by atoms with Crippen LogP contribution >= 0.6 is 11.3 Å². The van der Waals surface area contributed by atoms with E-state index in [9.17, 15) is 0 Å². The molecule has 1 saturated heterocycles. The average molecular weight is 238 g/mol. The molecule has 0 bridgehead atoms. The molecule has 3 heteroatoms. The van der Waals surface area contributed by atoms with Crippen molar-refractivity contribution >= 4 is 11.3 Å². The van der Waals surface area contributed by atoms with Gasteiger partial charge in [0.15, 0.2) is 0 Å². The molecule has 1 fully saturated rings. The number of nitrogens with zero attached hydrogens (tertiary/aromatic N) is 1. The molecule has 0 aromatic carbocycles. The molecule has 0 saturated carbocycles. The second-order valence-electron chi connectivity index (χ2n) is 4.95. The maximum Gasteiger partial charge on any atom is 0.0445 e. The number of nitrogens with one attached hydrogen (secondary N) is 1. The predicted octanol–water partition coefficient (Wildman–Crippen LogP) is 2.74. The van der Waals surface area contributed by atoms with Crippen molar-refractivity contribution in [3.8, 4) is 0 Å². The van der Waals surface area contributed by atoms with Gasteiger partial charge in [0.25, 0.3) is 0 Å². The van der Waals surface area contributed by atoms with Gasteiger partial charge < -0.3 is 5.32 Å². The molecule has 1 aliphatic rings. The lowest BCUT2D eigenvalue weighted by Gasteiger charge is -2.35. The Hall–Kier alpha value is -0.380. The lowest BCUT2D eigenvalue weighted by molar-refractivity contribution is 0.156. The SMILES string of the molecule is CC(C)C[C@@H](c1cccs1)N1CCNCC1. The fourth-order valence-corrected chi connectivity index (χ4v) is 3.24. The summed E-state index contributed by atoms with van der Waals surface area (Å²) >= 11 is 1.90. The van der Waals surface area contributed by atoms with E-state index in [2.05, 4.69) is 41.6 Å². The van der Waals surface area contributed by atoms with Crippen molar-refractivity contribution in [2.75, 3.05) is 26.2 Å². The molecule has 90 valence electrons. The van der Waals surface area contributed by atoms with Crippen LogP contribution in [0.15, 0.2) is 17.5 Å². The van der Waals surface area contributed by atoms with Crippen LogP contribution in [0.2, 0.25) is 0 Å². The minimum atomic E-state index is 0.641. The van der Waals surface area contributed by atoms with Crippen molar-refractivity contribution in [1.29, 1.82) is 0 Å². The van der Waals surface area contributed by atoms with E-state index < -0.39 is 0 Å². The van der Waals surface area contributed by atoms with Crippen molar-refractivity contribution in [2.24, 2.45) is 5.92 Å². The molecule has 0 unspecified atom stereocenters. The number of piperazine rings is 1. The molecule has 2 nitrogen and oxygen atoms in total. The van der Waals surface area contributed by atoms with Crippen LogP contribution in [-0.4, -0.2) is 31.1 Å². The minimum absolute atomic E-state index is 0.641. The molecule has 1 aromatic heterocycles. The molecule has 2 rings (SSSR count). The number of hydrogen-bond donors (Lipinski definition) is 1. The summed E-state index contributed by atoms with van der Waals surface area (Å²) in [6.07, 6.45) is 1.28. The first-order valence-electron chi connectivity index (χ1n) is 6.25. The van der Waals surface area contributed by atoms with E-state index in [4.69, 9.17) is 0 Å². The van der Waals surface area contributed by atoms with Crippen molar-refractivity contribution < 1.29 is 0 Å². The quantitative estimate of drug-likeness (QED) is 0.867. The summed E-state index contributed by atoms with van der Waals surface area (Å²) in [5.74, 6) is 0.766. The molecule has 0 aliphatic carbocycles. The van der Waals surface area contributed by atoms with Crippen LogP contribution in [0.1, 0.15) is 31.2 Å². The largest absolute Gasteiger partial charge is 0.314 e. The topological polar surface area (TPSA) is 15.3 Å². The second-order valence-corrected chi connectivity index (χ2v) is 5.93. The summed E-state index contributed by atoms with van der Waals surface area (Å²) in [7, 11) is 0. The fourth-order valence-electron chi connectivity index (χ4n) is 2.37. The Morgan fingerprint density at radius 2 is 2.12 bits per heavy atom. The molecule has 2 heterocycles. The van der Waals surface area contributed by atoms with Crippen LogP contribution in [0.25, 0.3) is 0 Å². The molecule has 0 amide bonds. The highest BCUT2D eigenvalue weighted by Crippen LogP contribution is 2.30. The van der Waals surface area contributed by atoms with E-state index in [0.29, 0.717) is 6.04 Å². The summed E-state index contributed by atoms with van der Waals surface area (Å²) in [4.78, 5) is 4.18. The average Bonchev–Trinajstić information content (AvgIpc) is 2.80. The lowest BCUT2D eigenvalue weighted by Crippen LogP contribution is -2.45. The van der Waals surface area contributed by atoms with Crippen molar-refractivity contribution in [1.82, 2.24) is 10.2 Å². The van der Waals surface area contributed by atoms with Gasteiger partial charge in [-0.05, 0) is 23.8 Å². The van der Waals surface area contributed by atoms with Gasteiger partial charge in [-0.25, -0.2) is 0 Å². The Morgan fingerprint density at radius 1 is 1.38 bits per heavy atom. The van der Waals surface area contributed by atoms with Crippen LogP contribution in [0.3, 0.4) is 0 Å². The first kappa shape index (κ1) is 12.1. The van der Waals surface area contributed by atoms with Gasteiger partial charge in [0, 0.05) is 37.1 Å². The third-order valence-corrected chi connectivity index (χ3v) is 4.13. The molecule has 1 N–H and O–H groups in total. The third-order valence-electron chi connectivity index (χ3n) is 3.16. The van der Waals surface area contributed by atoms with E-state index in [1.165, 1.54) is 24.4 Å². The summed E-state index contributed by atoms with van der Waals surface area (Å²) in [5, 5.41) is 5.63. The number of rotatable bonds is 4.